The van der Waals surface area contributed by atoms with Gasteiger partial charge in [-0.25, -0.2) is 0 Å². The zero-order valence-corrected chi connectivity index (χ0v) is 13.1. The third-order valence-corrected chi connectivity index (χ3v) is 9.81. The first-order valence-electron chi connectivity index (χ1n) is 5.66. The molecule has 0 aromatic heterocycles. The van der Waals surface area contributed by atoms with Crippen molar-refractivity contribution < 1.29 is 0 Å². The van der Waals surface area contributed by atoms with Crippen molar-refractivity contribution >= 4 is 25.1 Å². The van der Waals surface area contributed by atoms with Crippen LogP contribution in [-0.2, 0) is 0 Å². The maximum absolute atomic E-state index is 2.59. The molecule has 0 bridgehead atoms. The Bertz CT molecular complexity index is 163. The van der Waals surface area contributed by atoms with Crippen molar-refractivity contribution in [2.24, 2.45) is 0 Å². The van der Waals surface area contributed by atoms with E-state index in [0.29, 0.717) is 0 Å². The van der Waals surface area contributed by atoms with Gasteiger partial charge in [0.2, 0.25) is 0 Å². The number of hydrogen-bond donors (Lipinski definition) is 0. The number of hydrogen-bond acceptors (Lipinski definition) is 0. The first-order chi connectivity index (χ1) is 5.95. The predicted molar refractivity (Wildman–Crippen MR) is 68.4 cm³/mol. The van der Waals surface area contributed by atoms with Crippen LogP contribution in [0.3, 0.4) is 0 Å². The average Bonchev–Trinajstić information content (AvgIpc) is 2.04. The van der Waals surface area contributed by atoms with Crippen molar-refractivity contribution in [1.82, 2.24) is 0 Å². The third-order valence-electron chi connectivity index (χ3n) is 2.83. The van der Waals surface area contributed by atoms with Crippen LogP contribution in [0.2, 0.25) is 27.5 Å². The van der Waals surface area contributed by atoms with E-state index in [2.05, 4.69) is 41.6 Å². The van der Waals surface area contributed by atoms with Crippen molar-refractivity contribution in [3.63, 3.8) is 0 Å². The van der Waals surface area contributed by atoms with E-state index in [4.69, 9.17) is 0 Å². The van der Waals surface area contributed by atoms with Gasteiger partial charge in [0.15, 0.2) is 0 Å². The maximum atomic E-state index is 2.59. The Labute approximate surface area is 89.1 Å². The molecule has 0 fully saturated rings. The standard InChI is InChI=1S/C8H16B.3CH3.Sn/c1-4-7-8-9(5-2)6-3;;;;/h8H,4-6H2,1-3H3;3*1H3;. The number of allylic oxidation sites excluding steroid dienone is 1. The van der Waals surface area contributed by atoms with Gasteiger partial charge < -0.3 is 0 Å². The zero-order chi connectivity index (χ0) is 10.5. The summed E-state index contributed by atoms with van der Waals surface area (Å²) in [6, 6.07) is 0. The summed E-state index contributed by atoms with van der Waals surface area (Å²) in [5.74, 6) is 2.59. The van der Waals surface area contributed by atoms with Gasteiger partial charge in [0.05, 0.1) is 0 Å². The molecule has 0 nitrogen and oxygen atoms in total. The quantitative estimate of drug-likeness (QED) is 0.662. The third kappa shape index (κ3) is 5.14. The van der Waals surface area contributed by atoms with Gasteiger partial charge >= 0.3 is 89.3 Å². The fourth-order valence-corrected chi connectivity index (χ4v) is 6.83. The van der Waals surface area contributed by atoms with Crippen LogP contribution in [0.1, 0.15) is 27.2 Å². The van der Waals surface area contributed by atoms with Crippen molar-refractivity contribution in [3.05, 3.63) is 9.56 Å². The second-order valence-electron chi connectivity index (χ2n) is 4.87. The molecule has 13 heavy (non-hydrogen) atoms. The Balaban J connectivity index is 4.54. The van der Waals surface area contributed by atoms with Crippen LogP contribution >= 0.6 is 0 Å². The monoisotopic (exact) mass is 288 g/mol. The Hall–Kier alpha value is 0.604. The van der Waals surface area contributed by atoms with Gasteiger partial charge in [-0.3, -0.25) is 0 Å². The van der Waals surface area contributed by atoms with Crippen LogP contribution in [0.25, 0.3) is 0 Å². The van der Waals surface area contributed by atoms with Crippen LogP contribution in [0, 0.1) is 0 Å². The molecule has 0 atom stereocenters. The molecule has 0 saturated heterocycles. The van der Waals surface area contributed by atoms with Crippen molar-refractivity contribution in [2.75, 3.05) is 0 Å². The molecule has 0 saturated carbocycles. The minimum atomic E-state index is -1.73. The van der Waals surface area contributed by atoms with E-state index in [1.165, 1.54) is 19.1 Å². The summed E-state index contributed by atoms with van der Waals surface area (Å²) in [5.41, 5.74) is 0. The molecule has 0 aromatic rings. The van der Waals surface area contributed by atoms with Crippen molar-refractivity contribution in [1.29, 1.82) is 0 Å². The predicted octanol–water partition coefficient (Wildman–Crippen LogP) is 4.27. The second-order valence-corrected chi connectivity index (χ2v) is 19.5. The summed E-state index contributed by atoms with van der Waals surface area (Å²) in [4.78, 5) is 7.56. The molecule has 0 N–H and O–H groups in total. The van der Waals surface area contributed by atoms with E-state index in [1.807, 2.05) is 3.59 Å². The van der Waals surface area contributed by atoms with E-state index < -0.39 is 18.4 Å². The molecule has 0 aromatic carbocycles. The van der Waals surface area contributed by atoms with Crippen LogP contribution in [0.5, 0.6) is 0 Å². The SMILES string of the molecule is CCB(/C=[C](\CC)[Sn]([CH3])([CH3])[CH3])CC. The van der Waals surface area contributed by atoms with E-state index in [0.717, 1.165) is 6.71 Å². The van der Waals surface area contributed by atoms with E-state index in [1.54, 1.807) is 0 Å². The van der Waals surface area contributed by atoms with E-state index in [-0.39, 0.29) is 0 Å². The van der Waals surface area contributed by atoms with Gasteiger partial charge in [-0.1, -0.05) is 0 Å². The fourth-order valence-electron chi connectivity index (χ4n) is 1.71. The fraction of sp³-hybridized carbons (Fsp3) is 0.818. The molecule has 0 spiro atoms. The van der Waals surface area contributed by atoms with Gasteiger partial charge in [0, 0.05) is 0 Å². The summed E-state index contributed by atoms with van der Waals surface area (Å²) < 4.78 is 1.82. The molecule has 0 unspecified atom stereocenters. The van der Waals surface area contributed by atoms with Gasteiger partial charge in [-0.05, 0) is 0 Å². The van der Waals surface area contributed by atoms with Gasteiger partial charge in [-0.15, -0.1) is 0 Å². The molecule has 0 rings (SSSR count). The summed E-state index contributed by atoms with van der Waals surface area (Å²) in [6.45, 7) is 7.76. The van der Waals surface area contributed by atoms with Crippen LogP contribution in [0.4, 0.5) is 0 Å². The molecular weight excluding hydrogens is 262 g/mol. The van der Waals surface area contributed by atoms with E-state index in [9.17, 15) is 0 Å². The zero-order valence-electron chi connectivity index (χ0n) is 10.3. The Morgan fingerprint density at radius 3 is 1.77 bits per heavy atom. The van der Waals surface area contributed by atoms with Crippen LogP contribution in [0.15, 0.2) is 9.56 Å². The topological polar surface area (TPSA) is 0 Å². The molecule has 0 amide bonds. The summed E-state index contributed by atoms with van der Waals surface area (Å²) >= 11 is -1.73. The molecule has 0 aliphatic heterocycles. The van der Waals surface area contributed by atoms with Crippen LogP contribution < -0.4 is 0 Å². The second kappa shape index (κ2) is 6.16. The molecule has 0 radical (unpaired) electrons. The van der Waals surface area contributed by atoms with E-state index >= 15 is 0 Å². The van der Waals surface area contributed by atoms with Gasteiger partial charge in [0.1, 0.15) is 0 Å². The van der Waals surface area contributed by atoms with Crippen molar-refractivity contribution in [3.8, 4) is 0 Å². The molecule has 76 valence electrons. The molecule has 0 aliphatic carbocycles. The Kier molecular flexibility index (Phi) is 6.44. The number of rotatable bonds is 5. The summed E-state index contributed by atoms with van der Waals surface area (Å²) in [6.07, 6.45) is 3.90. The molecule has 2 heteroatoms. The van der Waals surface area contributed by atoms with Gasteiger partial charge in [-0.2, -0.15) is 0 Å². The molecule has 0 aliphatic rings. The van der Waals surface area contributed by atoms with Crippen LogP contribution in [-0.4, -0.2) is 25.1 Å². The average molecular weight is 287 g/mol. The minimum absolute atomic E-state index is 0.839. The molecular formula is C11H25BSn. The first-order valence-corrected chi connectivity index (χ1v) is 15.7. The Morgan fingerprint density at radius 2 is 1.54 bits per heavy atom. The first kappa shape index (κ1) is 13.6. The van der Waals surface area contributed by atoms with Gasteiger partial charge in [0.25, 0.3) is 0 Å². The van der Waals surface area contributed by atoms with Crippen molar-refractivity contribution in [2.45, 2.75) is 54.7 Å². The molecule has 0 heterocycles. The normalized spacial score (nSPS) is 13.2. The Morgan fingerprint density at radius 1 is 1.08 bits per heavy atom. The summed E-state index contributed by atoms with van der Waals surface area (Å²) in [5, 5.41) is 0. The summed E-state index contributed by atoms with van der Waals surface area (Å²) in [7, 11) is 0.